The molecule has 2 aliphatic rings. The maximum absolute atomic E-state index is 14.0. The van der Waals surface area contributed by atoms with E-state index in [1.165, 1.54) is 23.1 Å². The Kier molecular flexibility index (Phi) is 16.6. The molecule has 1 heterocycles. The molecule has 1 aliphatic carbocycles. The zero-order valence-corrected chi connectivity index (χ0v) is 31.6. The number of benzene rings is 2. The summed E-state index contributed by atoms with van der Waals surface area (Å²) in [7, 11) is 0. The quantitative estimate of drug-likeness (QED) is 0.100. The highest BCUT2D eigenvalue weighted by Gasteiger charge is 2.39. The third-order valence-electron chi connectivity index (χ3n) is 9.09. The highest BCUT2D eigenvalue weighted by Crippen LogP contribution is 2.34. The Morgan fingerprint density at radius 2 is 1.57 bits per heavy atom. The van der Waals surface area contributed by atoms with E-state index in [-0.39, 0.29) is 30.0 Å². The first-order valence-electron chi connectivity index (χ1n) is 18.5. The molecule has 1 saturated heterocycles. The molecule has 4 N–H and O–H groups in total. The average molecular weight is 696 g/mol. The molecule has 276 valence electrons. The topological polar surface area (TPSA) is 94.7 Å². The highest BCUT2D eigenvalue weighted by atomic mass is 16.6. The zero-order chi connectivity index (χ0) is 37.3. The first kappa shape index (κ1) is 40.7. The lowest BCUT2D eigenvalue weighted by Crippen LogP contribution is -2.52. The van der Waals surface area contributed by atoms with Gasteiger partial charge in [0.1, 0.15) is 6.04 Å². The fourth-order valence-corrected chi connectivity index (χ4v) is 6.49. The minimum Gasteiger partial charge on any atom is -0.447 e. The van der Waals surface area contributed by atoms with Crippen LogP contribution < -0.4 is 21.3 Å². The summed E-state index contributed by atoms with van der Waals surface area (Å²) in [4.78, 5) is 29.0. The minimum absolute atomic E-state index is 0.0933. The Hall–Kier alpha value is -4.72. The average Bonchev–Trinajstić information content (AvgIpc) is 3.78. The maximum atomic E-state index is 14.0. The smallest absolute Gasteiger partial charge is 0.407 e. The number of amides is 2. The van der Waals surface area contributed by atoms with Gasteiger partial charge in [0, 0.05) is 30.2 Å². The molecule has 1 fully saturated rings. The van der Waals surface area contributed by atoms with Crippen LogP contribution in [0.25, 0.3) is 0 Å². The number of likely N-dealkylation sites (tertiary alicyclic amines) is 1. The van der Waals surface area contributed by atoms with E-state index >= 15 is 0 Å². The Labute approximate surface area is 307 Å². The van der Waals surface area contributed by atoms with Gasteiger partial charge in [-0.2, -0.15) is 0 Å². The lowest BCUT2D eigenvalue weighted by atomic mass is 9.93. The standard InChI is InChI=1S/C40H53N5O3.C3H8/c1-8-9-20-36(29(5)30(6)42-25-28(4)41-26-32-16-11-10-12-17-32)43-39(46)37-21-15-22-45(37)31(7)38(44-40(47)48-27(2)3)35-23-33-18-13-14-19-34(33)24-35;1-3-2/h8-14,16-19,27,35-38,41-42H,4-7,15,20-26H2,1-3H3,(H,43,46)(H,44,47);3H2,1-2H3/b9-8+;. The van der Waals surface area contributed by atoms with Crippen molar-refractivity contribution in [3.8, 4) is 0 Å². The molecule has 51 heavy (non-hydrogen) atoms. The Balaban J connectivity index is 0.00000226. The molecule has 3 atom stereocenters. The van der Waals surface area contributed by atoms with E-state index in [1.54, 1.807) is 0 Å². The van der Waals surface area contributed by atoms with Crippen molar-refractivity contribution < 1.29 is 14.3 Å². The molecule has 2 aromatic carbocycles. The number of hydrogen-bond donors (Lipinski definition) is 4. The van der Waals surface area contributed by atoms with Crippen LogP contribution >= 0.6 is 0 Å². The third-order valence-corrected chi connectivity index (χ3v) is 9.09. The number of ether oxygens (including phenoxy) is 1. The van der Waals surface area contributed by atoms with Crippen LogP contribution in [0.1, 0.15) is 77.0 Å². The van der Waals surface area contributed by atoms with Crippen LogP contribution in [-0.4, -0.2) is 54.2 Å². The van der Waals surface area contributed by atoms with E-state index in [2.05, 4.69) is 90.6 Å². The molecule has 8 nitrogen and oxygen atoms in total. The Morgan fingerprint density at radius 3 is 2.18 bits per heavy atom. The monoisotopic (exact) mass is 695 g/mol. The van der Waals surface area contributed by atoms with Crippen LogP contribution in [0.2, 0.25) is 0 Å². The molecule has 0 aromatic heterocycles. The highest BCUT2D eigenvalue weighted by molar-refractivity contribution is 5.83. The molecule has 0 bridgehead atoms. The summed E-state index contributed by atoms with van der Waals surface area (Å²) in [6, 6.07) is 17.4. The lowest BCUT2D eigenvalue weighted by Gasteiger charge is -2.36. The van der Waals surface area contributed by atoms with Gasteiger partial charge in [0.15, 0.2) is 0 Å². The van der Waals surface area contributed by atoms with Crippen LogP contribution in [0.15, 0.2) is 116 Å². The van der Waals surface area contributed by atoms with Crippen LogP contribution in [0.5, 0.6) is 0 Å². The number of carbonyl (C=O) groups excluding carboxylic acids is 2. The van der Waals surface area contributed by atoms with Crippen molar-refractivity contribution in [1.82, 2.24) is 26.2 Å². The first-order chi connectivity index (χ1) is 24.5. The summed E-state index contributed by atoms with van der Waals surface area (Å²) in [5, 5.41) is 13.0. The second kappa shape index (κ2) is 20.8. The van der Waals surface area contributed by atoms with Crippen molar-refractivity contribution in [1.29, 1.82) is 0 Å². The van der Waals surface area contributed by atoms with Crippen molar-refractivity contribution >= 4 is 12.0 Å². The molecule has 2 aromatic rings. The van der Waals surface area contributed by atoms with Gasteiger partial charge in [-0.1, -0.05) is 113 Å². The van der Waals surface area contributed by atoms with E-state index in [1.807, 2.05) is 63.3 Å². The van der Waals surface area contributed by atoms with Gasteiger partial charge in [-0.15, -0.1) is 0 Å². The number of allylic oxidation sites excluding steroid dienone is 1. The number of rotatable bonds is 17. The third kappa shape index (κ3) is 12.5. The fourth-order valence-electron chi connectivity index (χ4n) is 6.49. The van der Waals surface area contributed by atoms with Gasteiger partial charge in [-0.3, -0.25) is 4.79 Å². The fraction of sp³-hybridized carbons (Fsp3) is 0.442. The van der Waals surface area contributed by atoms with Gasteiger partial charge in [0.25, 0.3) is 0 Å². The summed E-state index contributed by atoms with van der Waals surface area (Å²) in [6.45, 7) is 28.9. The van der Waals surface area contributed by atoms with Crippen molar-refractivity contribution in [2.24, 2.45) is 5.92 Å². The van der Waals surface area contributed by atoms with Gasteiger partial charge in [0.05, 0.1) is 24.7 Å². The molecule has 4 rings (SSSR count). The predicted molar refractivity (Wildman–Crippen MR) is 211 cm³/mol. The zero-order valence-electron chi connectivity index (χ0n) is 31.6. The van der Waals surface area contributed by atoms with E-state index in [9.17, 15) is 9.59 Å². The predicted octanol–water partition coefficient (Wildman–Crippen LogP) is 7.71. The van der Waals surface area contributed by atoms with Gasteiger partial charge >= 0.3 is 6.09 Å². The summed E-state index contributed by atoms with van der Waals surface area (Å²) in [5.74, 6) is 0.0109. The van der Waals surface area contributed by atoms with E-state index < -0.39 is 12.1 Å². The molecule has 0 saturated carbocycles. The largest absolute Gasteiger partial charge is 0.447 e. The molecule has 2 amide bonds. The van der Waals surface area contributed by atoms with Gasteiger partial charge in [-0.25, -0.2) is 4.79 Å². The van der Waals surface area contributed by atoms with E-state index in [0.29, 0.717) is 43.7 Å². The number of nitrogens with one attached hydrogen (secondary N) is 4. The Bertz CT molecular complexity index is 1490. The number of fused-ring (bicyclic) bond motifs is 1. The van der Waals surface area contributed by atoms with E-state index in [0.717, 1.165) is 30.7 Å². The Morgan fingerprint density at radius 1 is 0.941 bits per heavy atom. The molecular weight excluding hydrogens is 635 g/mol. The van der Waals surface area contributed by atoms with Crippen molar-refractivity contribution in [2.45, 2.75) is 104 Å². The molecule has 0 radical (unpaired) electrons. The van der Waals surface area contributed by atoms with Gasteiger partial charge in [0.2, 0.25) is 5.91 Å². The number of alkyl carbamates (subject to hydrolysis) is 1. The lowest BCUT2D eigenvalue weighted by molar-refractivity contribution is -0.125. The second-order valence-corrected chi connectivity index (χ2v) is 13.7. The van der Waals surface area contributed by atoms with Crippen LogP contribution in [0.4, 0.5) is 4.79 Å². The van der Waals surface area contributed by atoms with Crippen molar-refractivity contribution in [2.75, 3.05) is 13.1 Å². The number of nitrogens with zero attached hydrogens (tertiary/aromatic N) is 1. The SMILES string of the molecule is C=C(CNC(=C)C(=C)C(C/C=C/C)NC(=O)C1CCCN1C(=C)C(NC(=O)OC(C)C)C1Cc2ccccc2C1)NCc1ccccc1.CCC. The summed E-state index contributed by atoms with van der Waals surface area (Å²) in [5.41, 5.74) is 6.66. The van der Waals surface area contributed by atoms with Crippen LogP contribution in [0, 0.1) is 5.92 Å². The second-order valence-electron chi connectivity index (χ2n) is 13.7. The van der Waals surface area contributed by atoms with Crippen molar-refractivity contribution in [3.05, 3.63) is 132 Å². The van der Waals surface area contributed by atoms with E-state index in [4.69, 9.17) is 4.74 Å². The summed E-state index contributed by atoms with van der Waals surface area (Å²) >= 11 is 0. The molecule has 1 aliphatic heterocycles. The summed E-state index contributed by atoms with van der Waals surface area (Å²) in [6.07, 6.45) is 8.27. The summed E-state index contributed by atoms with van der Waals surface area (Å²) < 4.78 is 5.48. The van der Waals surface area contributed by atoms with Crippen LogP contribution in [0.3, 0.4) is 0 Å². The molecule has 0 spiro atoms. The minimum atomic E-state index is -0.473. The van der Waals surface area contributed by atoms with Gasteiger partial charge < -0.3 is 30.9 Å². The van der Waals surface area contributed by atoms with Crippen LogP contribution in [-0.2, 0) is 28.9 Å². The molecular formula is C43H61N5O3. The molecule has 3 unspecified atom stereocenters. The van der Waals surface area contributed by atoms with Gasteiger partial charge in [-0.05, 0) is 81.1 Å². The maximum Gasteiger partial charge on any atom is 0.407 e. The van der Waals surface area contributed by atoms with Crippen molar-refractivity contribution in [3.63, 3.8) is 0 Å². The number of carbonyl (C=O) groups is 2. The normalized spacial score (nSPS) is 16.4. The molecule has 8 heteroatoms. The number of hydrogen-bond acceptors (Lipinski definition) is 6. The first-order valence-corrected chi connectivity index (χ1v) is 18.5.